The fourth-order valence-corrected chi connectivity index (χ4v) is 3.37. The first kappa shape index (κ1) is 16.7. The zero-order valence-electron chi connectivity index (χ0n) is 12.3. The molecule has 0 aliphatic heterocycles. The van der Waals surface area contributed by atoms with E-state index in [1.807, 2.05) is 20.8 Å². The number of carboxylic acid groups (broad SMARTS) is 1. The molecular formula is C13H22N2O4S. The zero-order valence-corrected chi connectivity index (χ0v) is 13.1. The van der Waals surface area contributed by atoms with Gasteiger partial charge in [-0.1, -0.05) is 13.8 Å². The summed E-state index contributed by atoms with van der Waals surface area (Å²) in [4.78, 5) is 11.2. The molecule has 0 aliphatic carbocycles. The topological polar surface area (TPSA) is 79.6 Å². The van der Waals surface area contributed by atoms with Gasteiger partial charge < -0.3 is 9.67 Å². The molecular weight excluding hydrogens is 280 g/mol. The standard InChI is InChI=1S/C13H22N2O4S/c1-5-7-15-9-11(8-12(15)13(16)17)20(18,19)14(4)10(3)6-2/h8-10H,5-7H2,1-4H3,(H,16,17). The van der Waals surface area contributed by atoms with E-state index in [1.165, 1.54) is 28.2 Å². The molecule has 1 heterocycles. The summed E-state index contributed by atoms with van der Waals surface area (Å²) >= 11 is 0. The van der Waals surface area contributed by atoms with Crippen molar-refractivity contribution in [1.82, 2.24) is 8.87 Å². The lowest BCUT2D eigenvalue weighted by Crippen LogP contribution is -2.34. The van der Waals surface area contributed by atoms with Crippen LogP contribution >= 0.6 is 0 Å². The highest BCUT2D eigenvalue weighted by molar-refractivity contribution is 7.89. The molecule has 0 amide bonds. The van der Waals surface area contributed by atoms with E-state index in [4.69, 9.17) is 5.11 Å². The van der Waals surface area contributed by atoms with Crippen LogP contribution in [0.3, 0.4) is 0 Å². The Morgan fingerprint density at radius 3 is 2.50 bits per heavy atom. The second kappa shape index (κ2) is 6.41. The van der Waals surface area contributed by atoms with Crippen molar-refractivity contribution in [3.05, 3.63) is 18.0 Å². The van der Waals surface area contributed by atoms with Gasteiger partial charge in [0.1, 0.15) is 10.6 Å². The van der Waals surface area contributed by atoms with Gasteiger partial charge in [0, 0.05) is 25.8 Å². The van der Waals surface area contributed by atoms with E-state index in [0.717, 1.165) is 6.42 Å². The molecule has 0 saturated carbocycles. The molecule has 0 spiro atoms. The molecule has 1 rings (SSSR count). The Kier molecular flexibility index (Phi) is 5.35. The van der Waals surface area contributed by atoms with E-state index >= 15 is 0 Å². The van der Waals surface area contributed by atoms with Crippen LogP contribution in [-0.4, -0.2) is 41.5 Å². The van der Waals surface area contributed by atoms with Crippen molar-refractivity contribution in [3.8, 4) is 0 Å². The normalized spacial score (nSPS) is 13.7. The lowest BCUT2D eigenvalue weighted by Gasteiger charge is -2.22. The maximum absolute atomic E-state index is 12.4. The van der Waals surface area contributed by atoms with E-state index in [2.05, 4.69) is 0 Å². The Morgan fingerprint density at radius 1 is 1.45 bits per heavy atom. The minimum atomic E-state index is -3.65. The second-order valence-electron chi connectivity index (χ2n) is 4.84. The average Bonchev–Trinajstić information content (AvgIpc) is 2.82. The second-order valence-corrected chi connectivity index (χ2v) is 6.84. The maximum Gasteiger partial charge on any atom is 0.352 e. The Labute approximate surface area is 120 Å². The van der Waals surface area contributed by atoms with Crippen molar-refractivity contribution in [2.75, 3.05) is 7.05 Å². The van der Waals surface area contributed by atoms with Gasteiger partial charge in [0.15, 0.2) is 0 Å². The van der Waals surface area contributed by atoms with Crippen LogP contribution in [0, 0.1) is 0 Å². The molecule has 7 heteroatoms. The smallest absolute Gasteiger partial charge is 0.352 e. The van der Waals surface area contributed by atoms with Crippen molar-refractivity contribution in [2.24, 2.45) is 0 Å². The number of aryl methyl sites for hydroxylation is 1. The molecule has 0 fully saturated rings. The molecule has 0 radical (unpaired) electrons. The minimum absolute atomic E-state index is 0.00276. The fourth-order valence-electron chi connectivity index (χ4n) is 1.89. The van der Waals surface area contributed by atoms with E-state index in [1.54, 1.807) is 0 Å². The lowest BCUT2D eigenvalue weighted by atomic mass is 10.3. The van der Waals surface area contributed by atoms with Gasteiger partial charge in [-0.15, -0.1) is 0 Å². The van der Waals surface area contributed by atoms with Crippen LogP contribution in [0.4, 0.5) is 0 Å². The van der Waals surface area contributed by atoms with Gasteiger partial charge in [-0.2, -0.15) is 4.31 Å². The molecule has 114 valence electrons. The van der Waals surface area contributed by atoms with Crippen molar-refractivity contribution in [2.45, 2.75) is 51.1 Å². The Morgan fingerprint density at radius 2 is 2.05 bits per heavy atom. The number of rotatable bonds is 7. The van der Waals surface area contributed by atoms with Crippen LogP contribution in [-0.2, 0) is 16.6 Å². The Bertz CT molecular complexity index is 577. The van der Waals surface area contributed by atoms with E-state index in [-0.39, 0.29) is 16.6 Å². The van der Waals surface area contributed by atoms with Gasteiger partial charge in [-0.05, 0) is 25.8 Å². The number of hydrogen-bond donors (Lipinski definition) is 1. The highest BCUT2D eigenvalue weighted by Crippen LogP contribution is 2.21. The molecule has 1 N–H and O–H groups in total. The molecule has 0 aliphatic rings. The maximum atomic E-state index is 12.4. The number of aromatic nitrogens is 1. The van der Waals surface area contributed by atoms with Crippen LogP contribution in [0.15, 0.2) is 17.2 Å². The molecule has 0 saturated heterocycles. The SMILES string of the molecule is CCCn1cc(S(=O)(=O)N(C)C(C)CC)cc1C(=O)O. The lowest BCUT2D eigenvalue weighted by molar-refractivity contribution is 0.0685. The number of aromatic carboxylic acids is 1. The summed E-state index contributed by atoms with van der Waals surface area (Å²) in [6.45, 7) is 6.11. The van der Waals surface area contributed by atoms with Crippen LogP contribution in [0.1, 0.15) is 44.1 Å². The average molecular weight is 302 g/mol. The van der Waals surface area contributed by atoms with Gasteiger partial charge in [-0.3, -0.25) is 0 Å². The van der Waals surface area contributed by atoms with Crippen LogP contribution < -0.4 is 0 Å². The summed E-state index contributed by atoms with van der Waals surface area (Å²) in [6.07, 6.45) is 2.83. The third-order valence-corrected chi connectivity index (χ3v) is 5.38. The first-order valence-corrected chi connectivity index (χ1v) is 8.11. The number of sulfonamides is 1. The fraction of sp³-hybridized carbons (Fsp3) is 0.615. The van der Waals surface area contributed by atoms with Crippen molar-refractivity contribution in [3.63, 3.8) is 0 Å². The quantitative estimate of drug-likeness (QED) is 0.835. The van der Waals surface area contributed by atoms with E-state index in [9.17, 15) is 13.2 Å². The van der Waals surface area contributed by atoms with E-state index in [0.29, 0.717) is 13.0 Å². The molecule has 0 bridgehead atoms. The highest BCUT2D eigenvalue weighted by atomic mass is 32.2. The zero-order chi connectivity index (χ0) is 15.5. The molecule has 1 aromatic rings. The van der Waals surface area contributed by atoms with E-state index < -0.39 is 16.0 Å². The molecule has 6 nitrogen and oxygen atoms in total. The monoisotopic (exact) mass is 302 g/mol. The van der Waals surface area contributed by atoms with Gasteiger partial charge in [0.05, 0.1) is 0 Å². The summed E-state index contributed by atoms with van der Waals surface area (Å²) in [5.74, 6) is -1.12. The molecule has 1 atom stereocenters. The first-order chi connectivity index (χ1) is 9.25. The van der Waals surface area contributed by atoms with Gasteiger partial charge in [0.2, 0.25) is 10.0 Å². The summed E-state index contributed by atoms with van der Waals surface area (Å²) in [7, 11) is -2.14. The third-order valence-electron chi connectivity index (χ3n) is 3.44. The van der Waals surface area contributed by atoms with Crippen LogP contribution in [0.2, 0.25) is 0 Å². The summed E-state index contributed by atoms with van der Waals surface area (Å²) < 4.78 is 27.6. The highest BCUT2D eigenvalue weighted by Gasteiger charge is 2.27. The molecule has 20 heavy (non-hydrogen) atoms. The summed E-state index contributed by atoms with van der Waals surface area (Å²) in [5, 5.41) is 9.14. The Balaban J connectivity index is 3.26. The van der Waals surface area contributed by atoms with Crippen LogP contribution in [0.5, 0.6) is 0 Å². The number of nitrogens with zero attached hydrogens (tertiary/aromatic N) is 2. The minimum Gasteiger partial charge on any atom is -0.477 e. The van der Waals surface area contributed by atoms with Gasteiger partial charge in [-0.25, -0.2) is 13.2 Å². The Hall–Kier alpha value is -1.34. The molecule has 0 aromatic carbocycles. The third kappa shape index (κ3) is 3.21. The van der Waals surface area contributed by atoms with Crippen molar-refractivity contribution >= 4 is 16.0 Å². The van der Waals surface area contributed by atoms with Gasteiger partial charge >= 0.3 is 5.97 Å². The summed E-state index contributed by atoms with van der Waals surface area (Å²) in [6, 6.07) is 1.09. The molecule has 1 aromatic heterocycles. The number of carbonyl (C=O) groups is 1. The predicted octanol–water partition coefficient (Wildman–Crippen LogP) is 2.02. The van der Waals surface area contributed by atoms with Crippen LogP contribution in [0.25, 0.3) is 0 Å². The molecule has 1 unspecified atom stereocenters. The number of carboxylic acids is 1. The first-order valence-electron chi connectivity index (χ1n) is 6.67. The largest absolute Gasteiger partial charge is 0.477 e. The van der Waals surface area contributed by atoms with Crippen molar-refractivity contribution < 1.29 is 18.3 Å². The number of hydrogen-bond acceptors (Lipinski definition) is 3. The summed E-state index contributed by atoms with van der Waals surface area (Å²) in [5.41, 5.74) is 0.00276. The van der Waals surface area contributed by atoms with Gasteiger partial charge in [0.25, 0.3) is 0 Å². The predicted molar refractivity (Wildman–Crippen MR) is 76.4 cm³/mol. The van der Waals surface area contributed by atoms with Crippen molar-refractivity contribution in [1.29, 1.82) is 0 Å².